The number of sulfone groups is 1. The first-order valence-corrected chi connectivity index (χ1v) is 12.7. The maximum absolute atomic E-state index is 12.2. The van der Waals surface area contributed by atoms with Gasteiger partial charge >= 0.3 is 0 Å². The molecule has 0 amide bonds. The molecule has 0 aliphatic heterocycles. The van der Waals surface area contributed by atoms with Gasteiger partial charge in [-0.3, -0.25) is 0 Å². The van der Waals surface area contributed by atoms with Crippen LogP contribution in [0.25, 0.3) is 20.8 Å². The van der Waals surface area contributed by atoms with Crippen molar-refractivity contribution in [1.29, 1.82) is 0 Å². The van der Waals surface area contributed by atoms with Crippen LogP contribution in [0.1, 0.15) is 32.4 Å². The van der Waals surface area contributed by atoms with Gasteiger partial charge in [0.25, 0.3) is 0 Å². The average Bonchev–Trinajstić information content (AvgIpc) is 2.95. The van der Waals surface area contributed by atoms with Gasteiger partial charge in [-0.2, -0.15) is 0 Å². The van der Waals surface area contributed by atoms with Crippen molar-refractivity contribution >= 4 is 37.2 Å². The fraction of sp³-hybridized carbons (Fsp3) is 0.476. The van der Waals surface area contributed by atoms with Crippen molar-refractivity contribution < 1.29 is 13.5 Å². The summed E-state index contributed by atoms with van der Waals surface area (Å²) in [5.74, 6) is 0.726. The molecule has 9 heteroatoms. The highest BCUT2D eigenvalue weighted by Gasteiger charge is 2.73. The third-order valence-corrected chi connectivity index (χ3v) is 9.00. The number of aliphatic hydroxyl groups excluding tert-OH is 1. The first-order chi connectivity index (χ1) is 14.0. The summed E-state index contributed by atoms with van der Waals surface area (Å²) in [5.41, 5.74) is 1.49. The van der Waals surface area contributed by atoms with Gasteiger partial charge in [0.1, 0.15) is 10.8 Å². The molecule has 3 aromatic rings. The molecular formula is C21H24N4O3S2. The normalized spacial score (nSPS) is 30.4. The third-order valence-electron chi connectivity index (χ3n) is 7.10. The number of nitrogens with zero attached hydrogens (tertiary/aromatic N) is 3. The molecule has 158 valence electrons. The van der Waals surface area contributed by atoms with E-state index in [9.17, 15) is 13.5 Å². The molecule has 2 saturated carbocycles. The van der Waals surface area contributed by atoms with E-state index < -0.39 is 15.4 Å². The molecular weight excluding hydrogens is 420 g/mol. The van der Waals surface area contributed by atoms with Crippen LogP contribution in [-0.4, -0.2) is 46.4 Å². The van der Waals surface area contributed by atoms with E-state index in [0.29, 0.717) is 17.1 Å². The molecule has 7 nitrogen and oxygen atoms in total. The van der Waals surface area contributed by atoms with Crippen LogP contribution in [-0.2, 0) is 9.84 Å². The molecule has 2 fully saturated rings. The molecule has 2 aromatic heterocycles. The molecule has 2 N–H and O–H groups in total. The highest BCUT2D eigenvalue weighted by Crippen LogP contribution is 2.68. The van der Waals surface area contributed by atoms with E-state index in [2.05, 4.69) is 29.1 Å². The summed E-state index contributed by atoms with van der Waals surface area (Å²) in [5, 5.41) is 14.5. The number of para-hydroxylation sites is 1. The topological polar surface area (TPSA) is 105 Å². The van der Waals surface area contributed by atoms with Crippen LogP contribution in [0, 0.1) is 18.3 Å². The van der Waals surface area contributed by atoms with E-state index >= 15 is 0 Å². The first-order valence-electron chi connectivity index (χ1n) is 9.95. The van der Waals surface area contributed by atoms with Crippen LogP contribution >= 0.6 is 11.3 Å². The fourth-order valence-electron chi connectivity index (χ4n) is 4.98. The summed E-state index contributed by atoms with van der Waals surface area (Å²) in [6.07, 6.45) is 2.57. The number of aryl methyl sites for hydroxylation is 1. The van der Waals surface area contributed by atoms with Gasteiger partial charge in [0, 0.05) is 17.2 Å². The predicted octanol–water partition coefficient (Wildman–Crippen LogP) is 3.43. The standard InChI is InChI=1S/C21H24N4O3S2/c1-11-15(18-23-13-7-5-6-8-14(13)29-18)17(24-19(22-11)30(4,27)28)25-20(2)10-9-12-16(26)21(12,20)3/h5-8,12,16,26H,9-10H2,1-4H3,(H,22,24,25). The summed E-state index contributed by atoms with van der Waals surface area (Å²) in [6, 6.07) is 7.87. The van der Waals surface area contributed by atoms with E-state index in [1.165, 1.54) is 11.3 Å². The van der Waals surface area contributed by atoms with Crippen LogP contribution in [0.2, 0.25) is 0 Å². The number of hydrogen-bond donors (Lipinski definition) is 2. The van der Waals surface area contributed by atoms with Crippen molar-refractivity contribution in [2.75, 3.05) is 11.6 Å². The quantitative estimate of drug-likeness (QED) is 0.594. The summed E-state index contributed by atoms with van der Waals surface area (Å²) in [6.45, 7) is 5.96. The van der Waals surface area contributed by atoms with Gasteiger partial charge in [0.15, 0.2) is 0 Å². The van der Waals surface area contributed by atoms with Crippen molar-refractivity contribution in [3.8, 4) is 10.6 Å². The van der Waals surface area contributed by atoms with Gasteiger partial charge in [-0.15, -0.1) is 11.3 Å². The molecule has 4 atom stereocenters. The Morgan fingerprint density at radius 3 is 2.57 bits per heavy atom. The molecule has 0 spiro atoms. The van der Waals surface area contributed by atoms with E-state index in [1.807, 2.05) is 24.3 Å². The van der Waals surface area contributed by atoms with Gasteiger partial charge in [0.05, 0.1) is 27.6 Å². The zero-order chi connectivity index (χ0) is 21.5. The number of aromatic nitrogens is 3. The van der Waals surface area contributed by atoms with E-state index in [0.717, 1.165) is 34.3 Å². The Labute approximate surface area is 179 Å². The zero-order valence-corrected chi connectivity index (χ0v) is 18.9. The monoisotopic (exact) mass is 444 g/mol. The molecule has 4 unspecified atom stereocenters. The number of thiazole rings is 1. The number of anilines is 1. The Morgan fingerprint density at radius 2 is 1.93 bits per heavy atom. The van der Waals surface area contributed by atoms with Gasteiger partial charge in [-0.25, -0.2) is 23.4 Å². The lowest BCUT2D eigenvalue weighted by Gasteiger charge is -2.36. The SMILES string of the molecule is Cc1nc(S(C)(=O)=O)nc(NC2(C)CCC3C(O)C32C)c1-c1nc2ccccc2s1. The van der Waals surface area contributed by atoms with E-state index in [1.54, 1.807) is 6.92 Å². The number of rotatable bonds is 4. The van der Waals surface area contributed by atoms with Crippen molar-refractivity contribution in [3.05, 3.63) is 30.0 Å². The Bertz CT molecular complexity index is 1260. The first kappa shape index (κ1) is 19.8. The second-order valence-electron chi connectivity index (χ2n) is 8.90. The van der Waals surface area contributed by atoms with Gasteiger partial charge in [-0.05, 0) is 44.7 Å². The Hall–Kier alpha value is -2.10. The predicted molar refractivity (Wildman–Crippen MR) is 117 cm³/mol. The number of hydrogen-bond acceptors (Lipinski definition) is 8. The highest BCUT2D eigenvalue weighted by molar-refractivity contribution is 7.90. The highest BCUT2D eigenvalue weighted by atomic mass is 32.2. The minimum atomic E-state index is -3.58. The molecule has 0 saturated heterocycles. The third kappa shape index (κ3) is 2.72. The molecule has 2 aliphatic rings. The van der Waals surface area contributed by atoms with Gasteiger partial charge < -0.3 is 10.4 Å². The Balaban J connectivity index is 1.69. The molecule has 5 rings (SSSR count). The lowest BCUT2D eigenvalue weighted by atomic mass is 9.84. The minimum Gasteiger partial charge on any atom is -0.392 e. The molecule has 2 aliphatic carbocycles. The van der Waals surface area contributed by atoms with Crippen LogP contribution in [0.5, 0.6) is 0 Å². The van der Waals surface area contributed by atoms with Crippen LogP contribution in [0.4, 0.5) is 5.82 Å². The Kier molecular flexibility index (Phi) is 4.11. The maximum atomic E-state index is 12.2. The second kappa shape index (κ2) is 6.21. The lowest BCUT2D eigenvalue weighted by Crippen LogP contribution is -2.43. The Morgan fingerprint density at radius 1 is 1.20 bits per heavy atom. The summed E-state index contributed by atoms with van der Waals surface area (Å²) < 4.78 is 25.5. The van der Waals surface area contributed by atoms with Crippen LogP contribution in [0.15, 0.2) is 29.4 Å². The molecule has 0 bridgehead atoms. The lowest BCUT2D eigenvalue weighted by molar-refractivity contribution is 0.172. The summed E-state index contributed by atoms with van der Waals surface area (Å²) in [7, 11) is -3.58. The number of aliphatic hydroxyl groups is 1. The van der Waals surface area contributed by atoms with Crippen molar-refractivity contribution in [2.45, 2.75) is 50.4 Å². The van der Waals surface area contributed by atoms with Gasteiger partial charge in [-0.1, -0.05) is 19.1 Å². The largest absolute Gasteiger partial charge is 0.392 e. The molecule has 0 radical (unpaired) electrons. The molecule has 2 heterocycles. The van der Waals surface area contributed by atoms with Crippen molar-refractivity contribution in [3.63, 3.8) is 0 Å². The summed E-state index contributed by atoms with van der Waals surface area (Å²) in [4.78, 5) is 13.5. The van der Waals surface area contributed by atoms with Crippen LogP contribution < -0.4 is 5.32 Å². The molecule has 1 aromatic carbocycles. The fourth-order valence-corrected chi connectivity index (χ4v) is 6.60. The van der Waals surface area contributed by atoms with Crippen molar-refractivity contribution in [1.82, 2.24) is 15.0 Å². The minimum absolute atomic E-state index is 0.202. The smallest absolute Gasteiger partial charge is 0.249 e. The summed E-state index contributed by atoms with van der Waals surface area (Å²) >= 11 is 1.53. The number of fused-ring (bicyclic) bond motifs is 2. The van der Waals surface area contributed by atoms with Crippen LogP contribution in [0.3, 0.4) is 0 Å². The van der Waals surface area contributed by atoms with Crippen molar-refractivity contribution in [2.24, 2.45) is 11.3 Å². The van der Waals surface area contributed by atoms with E-state index in [4.69, 9.17) is 4.98 Å². The average molecular weight is 445 g/mol. The van der Waals surface area contributed by atoms with Gasteiger partial charge in [0.2, 0.25) is 15.0 Å². The second-order valence-corrected chi connectivity index (χ2v) is 11.8. The molecule has 30 heavy (non-hydrogen) atoms. The zero-order valence-electron chi connectivity index (χ0n) is 17.3. The maximum Gasteiger partial charge on any atom is 0.249 e. The number of nitrogens with one attached hydrogen (secondary N) is 1. The number of benzene rings is 1. The van der Waals surface area contributed by atoms with E-state index in [-0.39, 0.29) is 22.6 Å².